The highest BCUT2D eigenvalue weighted by atomic mass is 32.2. The Labute approximate surface area is 274 Å². The maximum absolute atomic E-state index is 13.6. The number of benzene rings is 3. The predicted molar refractivity (Wildman–Crippen MR) is 165 cm³/mol. The number of methoxy groups -OCH3 is 1. The van der Waals surface area contributed by atoms with E-state index in [1.165, 1.54) is 7.11 Å². The van der Waals surface area contributed by atoms with Crippen molar-refractivity contribution in [3.63, 3.8) is 0 Å². The Morgan fingerprint density at radius 1 is 0.812 bits per heavy atom. The fourth-order valence-corrected chi connectivity index (χ4v) is 6.93. The third-order valence-electron chi connectivity index (χ3n) is 8.23. The number of hydrogen-bond donors (Lipinski definition) is 1. The maximum Gasteiger partial charge on any atom is 0.416 e. The van der Waals surface area contributed by atoms with Crippen LogP contribution in [0.2, 0.25) is 0 Å². The van der Waals surface area contributed by atoms with Gasteiger partial charge in [0.1, 0.15) is 0 Å². The molecular weight excluding hydrogens is 664 g/mol. The Hall–Kier alpha value is -4.11. The monoisotopic (exact) mass is 699 g/mol. The first-order chi connectivity index (χ1) is 22.6. The van der Waals surface area contributed by atoms with Gasteiger partial charge in [0.05, 0.1) is 18.2 Å². The third-order valence-corrected chi connectivity index (χ3v) is 9.63. The van der Waals surface area contributed by atoms with Crippen molar-refractivity contribution in [2.45, 2.75) is 57.0 Å². The van der Waals surface area contributed by atoms with Gasteiger partial charge in [-0.1, -0.05) is 60.7 Å². The van der Waals surface area contributed by atoms with Gasteiger partial charge in [-0.2, -0.15) is 39.1 Å². The molecule has 15 heteroatoms. The van der Waals surface area contributed by atoms with Crippen molar-refractivity contribution in [3.8, 4) is 0 Å². The lowest BCUT2D eigenvalue weighted by atomic mass is 9.85. The van der Waals surface area contributed by atoms with Gasteiger partial charge in [0.15, 0.2) is 0 Å². The molecule has 0 heterocycles. The number of alkyl halides is 6. The highest BCUT2D eigenvalue weighted by molar-refractivity contribution is 7.87. The van der Waals surface area contributed by atoms with Crippen molar-refractivity contribution in [1.82, 2.24) is 13.9 Å². The van der Waals surface area contributed by atoms with Gasteiger partial charge in [0.2, 0.25) is 0 Å². The van der Waals surface area contributed by atoms with E-state index in [0.29, 0.717) is 44.2 Å². The molecule has 48 heavy (non-hydrogen) atoms. The molecule has 2 amide bonds. The summed E-state index contributed by atoms with van der Waals surface area (Å²) in [6.07, 6.45) is -8.25. The van der Waals surface area contributed by atoms with Crippen LogP contribution in [0.3, 0.4) is 0 Å². The van der Waals surface area contributed by atoms with Crippen LogP contribution in [0, 0.1) is 5.92 Å². The molecule has 0 unspecified atom stereocenters. The van der Waals surface area contributed by atoms with E-state index in [-0.39, 0.29) is 43.2 Å². The van der Waals surface area contributed by atoms with E-state index in [1.54, 1.807) is 40.0 Å². The lowest BCUT2D eigenvalue weighted by Gasteiger charge is -2.37. The van der Waals surface area contributed by atoms with Crippen LogP contribution in [0.4, 0.5) is 31.1 Å². The van der Waals surface area contributed by atoms with Crippen LogP contribution in [0.1, 0.15) is 58.3 Å². The second-order valence-corrected chi connectivity index (χ2v) is 13.3. The Morgan fingerprint density at radius 2 is 1.33 bits per heavy atom. The standard InChI is InChI=1S/C33H35F6N3O5S/c1-47-31(44)42(17-16-23-8-4-2-5-9-23)29-14-12-25(13-15-29)22-41(21-24-10-6-3-7-11-24)48(45,46)40-30(43)26-18-27(32(34,35)36)20-28(19-26)33(37,38)39/h2-11,18-20,25,29H,12-17,21-22H2,1H3,(H,40,43). The number of rotatable bonds is 11. The fourth-order valence-electron chi connectivity index (χ4n) is 5.72. The van der Waals surface area contributed by atoms with Crippen LogP contribution in [0.15, 0.2) is 78.9 Å². The predicted octanol–water partition coefficient (Wildman–Crippen LogP) is 7.07. The van der Waals surface area contributed by atoms with Crippen LogP contribution in [-0.4, -0.2) is 55.9 Å². The topological polar surface area (TPSA) is 96.0 Å². The minimum atomic E-state index is -5.22. The number of nitrogens with one attached hydrogen (secondary N) is 1. The normalized spacial score (nSPS) is 17.2. The molecule has 1 N–H and O–H groups in total. The van der Waals surface area contributed by atoms with Crippen molar-refractivity contribution in [2.24, 2.45) is 5.92 Å². The van der Waals surface area contributed by atoms with Crippen LogP contribution in [-0.2, 0) is 40.3 Å². The highest BCUT2D eigenvalue weighted by Crippen LogP contribution is 2.36. The number of nitrogens with zero attached hydrogens (tertiary/aromatic N) is 2. The third kappa shape index (κ3) is 9.95. The first-order valence-corrected chi connectivity index (χ1v) is 16.5. The molecule has 0 spiro atoms. The molecule has 0 atom stereocenters. The van der Waals surface area contributed by atoms with Crippen molar-refractivity contribution in [3.05, 3.63) is 107 Å². The van der Waals surface area contributed by atoms with Gasteiger partial charge in [-0.05, 0) is 67.3 Å². The van der Waals surface area contributed by atoms with E-state index in [0.717, 1.165) is 9.87 Å². The van der Waals surface area contributed by atoms with Crippen molar-refractivity contribution in [1.29, 1.82) is 0 Å². The average molecular weight is 700 g/mol. The molecule has 1 aliphatic carbocycles. The summed E-state index contributed by atoms with van der Waals surface area (Å²) >= 11 is 0. The van der Waals surface area contributed by atoms with Crippen LogP contribution in [0.5, 0.6) is 0 Å². The number of carbonyl (C=O) groups is 2. The lowest BCUT2D eigenvalue weighted by molar-refractivity contribution is -0.143. The molecule has 3 aromatic rings. The number of carbonyl (C=O) groups excluding carboxylic acids is 2. The SMILES string of the molecule is COC(=O)N(CCc1ccccc1)C1CCC(CN(Cc2ccccc2)S(=O)(=O)NC(=O)c2cc(C(F)(F)F)cc(C(F)(F)F)c2)CC1. The summed E-state index contributed by atoms with van der Waals surface area (Å²) < 4.78 is 115. The molecule has 0 saturated heterocycles. The second kappa shape index (κ2) is 15.4. The average Bonchev–Trinajstić information content (AvgIpc) is 3.04. The Balaban J connectivity index is 1.50. The second-order valence-electron chi connectivity index (χ2n) is 11.6. The zero-order valence-electron chi connectivity index (χ0n) is 25.9. The Morgan fingerprint density at radius 3 is 1.83 bits per heavy atom. The van der Waals surface area contributed by atoms with Gasteiger partial charge >= 0.3 is 28.7 Å². The zero-order chi connectivity index (χ0) is 35.1. The summed E-state index contributed by atoms with van der Waals surface area (Å²) in [5, 5.41) is 0. The van der Waals surface area contributed by atoms with Gasteiger partial charge in [0, 0.05) is 31.2 Å². The maximum atomic E-state index is 13.6. The molecule has 260 valence electrons. The summed E-state index contributed by atoms with van der Waals surface area (Å²) in [7, 11) is -3.46. The molecule has 1 aliphatic rings. The van der Waals surface area contributed by atoms with E-state index in [1.807, 2.05) is 30.3 Å². The minimum Gasteiger partial charge on any atom is -0.453 e. The van der Waals surface area contributed by atoms with Gasteiger partial charge < -0.3 is 9.64 Å². The molecule has 1 fully saturated rings. The largest absolute Gasteiger partial charge is 0.453 e. The van der Waals surface area contributed by atoms with Crippen LogP contribution in [0.25, 0.3) is 0 Å². The van der Waals surface area contributed by atoms with E-state index >= 15 is 0 Å². The van der Waals surface area contributed by atoms with E-state index < -0.39 is 51.3 Å². The summed E-state index contributed by atoms with van der Waals surface area (Å²) in [5.41, 5.74) is -3.02. The molecule has 0 aromatic heterocycles. The molecule has 0 bridgehead atoms. The van der Waals surface area contributed by atoms with Gasteiger partial charge in [-0.3, -0.25) is 4.79 Å². The number of ether oxygens (including phenoxy) is 1. The molecule has 1 saturated carbocycles. The molecular formula is C33H35F6N3O5S. The van der Waals surface area contributed by atoms with E-state index in [2.05, 4.69) is 0 Å². The summed E-state index contributed by atoms with van der Waals surface area (Å²) in [5.74, 6) is -1.86. The van der Waals surface area contributed by atoms with Crippen LogP contribution >= 0.6 is 0 Å². The zero-order valence-corrected chi connectivity index (χ0v) is 26.7. The molecule has 0 aliphatic heterocycles. The number of amides is 2. The van der Waals surface area contributed by atoms with E-state index in [9.17, 15) is 44.3 Å². The van der Waals surface area contributed by atoms with E-state index in [4.69, 9.17) is 4.74 Å². The quantitative estimate of drug-likeness (QED) is 0.216. The van der Waals surface area contributed by atoms with Crippen molar-refractivity contribution < 1.29 is 49.1 Å². The first-order valence-electron chi connectivity index (χ1n) is 15.1. The van der Waals surface area contributed by atoms with Gasteiger partial charge in [-0.15, -0.1) is 0 Å². The summed E-state index contributed by atoms with van der Waals surface area (Å²) in [6, 6.07) is 18.0. The molecule has 3 aromatic carbocycles. The first kappa shape index (κ1) is 36.7. The Kier molecular flexibility index (Phi) is 11.8. The molecule has 8 nitrogen and oxygen atoms in total. The van der Waals surface area contributed by atoms with Crippen LogP contribution < -0.4 is 4.72 Å². The van der Waals surface area contributed by atoms with Crippen molar-refractivity contribution >= 4 is 22.2 Å². The number of hydrogen-bond acceptors (Lipinski definition) is 5. The fraction of sp³-hybridized carbons (Fsp3) is 0.394. The minimum absolute atomic E-state index is 0.0944. The number of halogens is 6. The smallest absolute Gasteiger partial charge is 0.416 e. The Bertz CT molecular complexity index is 1610. The van der Waals surface area contributed by atoms with Gasteiger partial charge in [0.25, 0.3) is 5.91 Å². The summed E-state index contributed by atoms with van der Waals surface area (Å²) in [6.45, 7) is 0.103. The molecule has 4 rings (SSSR count). The van der Waals surface area contributed by atoms with Crippen molar-refractivity contribution in [2.75, 3.05) is 20.2 Å². The highest BCUT2D eigenvalue weighted by Gasteiger charge is 2.38. The summed E-state index contributed by atoms with van der Waals surface area (Å²) in [4.78, 5) is 27.2. The molecule has 0 radical (unpaired) electrons. The van der Waals surface area contributed by atoms with Gasteiger partial charge in [-0.25, -0.2) is 9.52 Å². The lowest BCUT2D eigenvalue weighted by Crippen LogP contribution is -2.47.